The Kier molecular flexibility index (Phi) is 4.28. The lowest BCUT2D eigenvalue weighted by molar-refractivity contribution is -0.161. The molecule has 0 aliphatic carbocycles. The summed E-state index contributed by atoms with van der Waals surface area (Å²) < 4.78 is 116. The molecule has 0 fully saturated rings. The van der Waals surface area contributed by atoms with E-state index in [9.17, 15) is 39.5 Å². The number of hydrogen-bond donors (Lipinski definition) is 0. The van der Waals surface area contributed by atoms with Crippen molar-refractivity contribution >= 4 is 0 Å². The van der Waals surface area contributed by atoms with Gasteiger partial charge in [-0.2, -0.15) is 39.5 Å². The van der Waals surface area contributed by atoms with E-state index in [1.807, 2.05) is 0 Å². The molecule has 10 heteroatoms. The maximum Gasteiger partial charge on any atom is 0.419 e. The van der Waals surface area contributed by atoms with Crippen LogP contribution in [0.4, 0.5) is 39.5 Å². The van der Waals surface area contributed by atoms with E-state index in [0.29, 0.717) is 18.3 Å². The van der Waals surface area contributed by atoms with E-state index in [-0.39, 0.29) is 6.07 Å². The molecule has 1 aromatic carbocycles. The van der Waals surface area contributed by atoms with Crippen molar-refractivity contribution in [1.29, 1.82) is 0 Å². The topological polar surface area (TPSA) is 12.9 Å². The summed E-state index contributed by atoms with van der Waals surface area (Å²) in [6.07, 6.45) is -15.2. The molecule has 1 heterocycles. The molecule has 1 nitrogen and oxygen atoms in total. The molecule has 0 N–H and O–H groups in total. The van der Waals surface area contributed by atoms with Gasteiger partial charge in [-0.25, -0.2) is 0 Å². The molecule has 0 bridgehead atoms. The Morgan fingerprint density at radius 1 is 0.708 bits per heavy atom. The van der Waals surface area contributed by atoms with Crippen LogP contribution in [0, 0.1) is 0 Å². The summed E-state index contributed by atoms with van der Waals surface area (Å²) in [4.78, 5) is 3.23. The van der Waals surface area contributed by atoms with Crippen LogP contribution in [-0.4, -0.2) is 4.98 Å². The normalized spacial score (nSPS) is 13.2. The first kappa shape index (κ1) is 18.1. The lowest BCUT2D eigenvalue weighted by Crippen LogP contribution is -2.18. The number of pyridine rings is 1. The fraction of sp³-hybridized carbons (Fsp3) is 0.214. The van der Waals surface area contributed by atoms with E-state index in [4.69, 9.17) is 0 Å². The molecular formula is C14H6F9N. The second kappa shape index (κ2) is 5.67. The van der Waals surface area contributed by atoms with Crippen LogP contribution in [0.15, 0.2) is 36.5 Å². The van der Waals surface area contributed by atoms with Crippen molar-refractivity contribution in [1.82, 2.24) is 4.98 Å². The van der Waals surface area contributed by atoms with Gasteiger partial charge in [-0.05, 0) is 18.2 Å². The highest BCUT2D eigenvalue weighted by atomic mass is 19.4. The van der Waals surface area contributed by atoms with Gasteiger partial charge >= 0.3 is 18.5 Å². The maximum atomic E-state index is 13.1. The first-order valence-corrected chi connectivity index (χ1v) is 6.13. The zero-order valence-corrected chi connectivity index (χ0v) is 11.3. The van der Waals surface area contributed by atoms with Crippen LogP contribution in [0.2, 0.25) is 0 Å². The minimum absolute atomic E-state index is 0.125. The molecule has 2 aromatic rings. The Morgan fingerprint density at radius 3 is 1.83 bits per heavy atom. The molecule has 1 aromatic heterocycles. The van der Waals surface area contributed by atoms with Crippen LogP contribution in [0.5, 0.6) is 0 Å². The number of halogens is 9. The highest BCUT2D eigenvalue weighted by Gasteiger charge is 2.45. The summed E-state index contributed by atoms with van der Waals surface area (Å²) in [5, 5.41) is 0. The number of benzene rings is 1. The predicted octanol–water partition coefficient (Wildman–Crippen LogP) is 5.81. The van der Waals surface area contributed by atoms with Crippen molar-refractivity contribution in [2.45, 2.75) is 18.5 Å². The van der Waals surface area contributed by atoms with Gasteiger partial charge in [-0.15, -0.1) is 0 Å². The quantitative estimate of drug-likeness (QED) is 0.586. The summed E-state index contributed by atoms with van der Waals surface area (Å²) >= 11 is 0. The number of hydrogen-bond acceptors (Lipinski definition) is 1. The second-order valence-electron chi connectivity index (χ2n) is 4.66. The van der Waals surface area contributed by atoms with E-state index in [1.165, 1.54) is 0 Å². The minimum Gasteiger partial charge on any atom is -0.256 e. The Hall–Kier alpha value is -2.26. The van der Waals surface area contributed by atoms with Crippen LogP contribution in [0.3, 0.4) is 0 Å². The molecule has 0 saturated carbocycles. The van der Waals surface area contributed by atoms with Crippen LogP contribution >= 0.6 is 0 Å². The monoisotopic (exact) mass is 359 g/mol. The van der Waals surface area contributed by atoms with Gasteiger partial charge in [-0.3, -0.25) is 4.98 Å². The van der Waals surface area contributed by atoms with Crippen molar-refractivity contribution in [3.63, 3.8) is 0 Å². The maximum absolute atomic E-state index is 13.1. The first-order chi connectivity index (χ1) is 10.8. The van der Waals surface area contributed by atoms with Crippen molar-refractivity contribution in [3.8, 4) is 11.3 Å². The largest absolute Gasteiger partial charge is 0.419 e. The molecule has 24 heavy (non-hydrogen) atoms. The van der Waals surface area contributed by atoms with Crippen LogP contribution < -0.4 is 0 Å². The Morgan fingerprint density at radius 2 is 1.33 bits per heavy atom. The lowest BCUT2D eigenvalue weighted by Gasteiger charge is -2.18. The van der Waals surface area contributed by atoms with Crippen molar-refractivity contribution in [3.05, 3.63) is 53.2 Å². The lowest BCUT2D eigenvalue weighted by atomic mass is 9.98. The van der Waals surface area contributed by atoms with E-state index >= 15 is 0 Å². The average Bonchev–Trinajstić information content (AvgIpc) is 2.44. The predicted molar refractivity (Wildman–Crippen MR) is 64.7 cm³/mol. The van der Waals surface area contributed by atoms with Gasteiger partial charge in [-0.1, -0.05) is 12.1 Å². The van der Waals surface area contributed by atoms with E-state index in [2.05, 4.69) is 4.98 Å². The van der Waals surface area contributed by atoms with Crippen molar-refractivity contribution < 1.29 is 39.5 Å². The molecule has 0 amide bonds. The van der Waals surface area contributed by atoms with Gasteiger partial charge in [0.05, 0.1) is 22.4 Å². The van der Waals surface area contributed by atoms with E-state index in [1.54, 1.807) is 0 Å². The third-order valence-corrected chi connectivity index (χ3v) is 3.00. The molecule has 0 unspecified atom stereocenters. The molecule has 0 atom stereocenters. The van der Waals surface area contributed by atoms with E-state index < -0.39 is 46.5 Å². The van der Waals surface area contributed by atoms with Crippen LogP contribution in [0.1, 0.15) is 16.7 Å². The third-order valence-electron chi connectivity index (χ3n) is 3.00. The van der Waals surface area contributed by atoms with Gasteiger partial charge in [0.1, 0.15) is 0 Å². The van der Waals surface area contributed by atoms with Crippen LogP contribution in [0.25, 0.3) is 11.3 Å². The number of alkyl halides is 9. The molecular weight excluding hydrogens is 353 g/mol. The smallest absolute Gasteiger partial charge is 0.256 e. The molecule has 130 valence electrons. The van der Waals surface area contributed by atoms with Gasteiger partial charge in [0, 0.05) is 11.8 Å². The minimum atomic E-state index is -5.46. The average molecular weight is 359 g/mol. The van der Waals surface area contributed by atoms with Crippen LogP contribution in [-0.2, 0) is 18.5 Å². The molecule has 0 spiro atoms. The summed E-state index contributed by atoms with van der Waals surface area (Å²) in [5.74, 6) is 0. The first-order valence-electron chi connectivity index (χ1n) is 6.13. The fourth-order valence-corrected chi connectivity index (χ4v) is 2.05. The van der Waals surface area contributed by atoms with Gasteiger partial charge < -0.3 is 0 Å². The Bertz CT molecular complexity index is 741. The second-order valence-corrected chi connectivity index (χ2v) is 4.66. The third kappa shape index (κ3) is 3.62. The summed E-state index contributed by atoms with van der Waals surface area (Å²) in [5.41, 5.74) is -7.38. The summed E-state index contributed by atoms with van der Waals surface area (Å²) in [6, 6.07) is 2.65. The molecule has 2 rings (SSSR count). The zero-order valence-electron chi connectivity index (χ0n) is 11.3. The highest BCUT2D eigenvalue weighted by Crippen LogP contribution is 2.44. The molecule has 0 saturated heterocycles. The summed E-state index contributed by atoms with van der Waals surface area (Å²) in [6.45, 7) is 0. The van der Waals surface area contributed by atoms with Crippen molar-refractivity contribution in [2.24, 2.45) is 0 Å². The summed E-state index contributed by atoms with van der Waals surface area (Å²) in [7, 11) is 0. The van der Waals surface area contributed by atoms with Gasteiger partial charge in [0.2, 0.25) is 0 Å². The van der Waals surface area contributed by atoms with Crippen molar-refractivity contribution in [2.75, 3.05) is 0 Å². The SMILES string of the molecule is FC(F)(F)c1cccc(-c2nccc(C(F)(F)F)c2C(F)(F)F)c1. The highest BCUT2D eigenvalue weighted by molar-refractivity contribution is 5.66. The molecule has 0 aliphatic rings. The number of aromatic nitrogens is 1. The number of nitrogens with zero attached hydrogens (tertiary/aromatic N) is 1. The molecule has 0 radical (unpaired) electrons. The van der Waals surface area contributed by atoms with Gasteiger partial charge in [0.25, 0.3) is 0 Å². The number of rotatable bonds is 1. The molecule has 0 aliphatic heterocycles. The Balaban J connectivity index is 2.77. The van der Waals surface area contributed by atoms with E-state index in [0.717, 1.165) is 12.1 Å². The fourth-order valence-electron chi connectivity index (χ4n) is 2.05. The standard InChI is InChI=1S/C14H6F9N/c15-12(16,17)8-3-1-2-7(6-8)11-10(14(21,22)23)9(4-5-24-11)13(18,19)20/h1-6H. The zero-order chi connectivity index (χ0) is 18.3. The van der Waals surface area contributed by atoms with Gasteiger partial charge in [0.15, 0.2) is 0 Å². The Labute approximate surface area is 128 Å².